The number of hydrogen-bond acceptors (Lipinski definition) is 3. The predicted octanol–water partition coefficient (Wildman–Crippen LogP) is 5.99. The van der Waals surface area contributed by atoms with E-state index in [1.807, 2.05) is 55.3 Å². The zero-order valence-electron chi connectivity index (χ0n) is 21.6. The van der Waals surface area contributed by atoms with Crippen LogP contribution >= 0.6 is 15.9 Å². The van der Waals surface area contributed by atoms with E-state index in [2.05, 4.69) is 45.6 Å². The molecule has 0 N–H and O–H groups in total. The van der Waals surface area contributed by atoms with Gasteiger partial charge in [0.15, 0.2) is 0 Å². The highest BCUT2D eigenvalue weighted by atomic mass is 79.9. The first kappa shape index (κ1) is 27.5. The fraction of sp³-hybridized carbons (Fsp3) is 0.379. The first-order valence-electron chi connectivity index (χ1n) is 12.4. The Morgan fingerprint density at radius 2 is 1.75 bits per heavy atom. The number of methoxy groups -OCH3 is 1. The molecule has 3 aromatic rings. The lowest BCUT2D eigenvalue weighted by atomic mass is 10.1. The third-order valence-electron chi connectivity index (χ3n) is 6.20. The Morgan fingerprint density at radius 1 is 1.03 bits per heavy atom. The molecule has 0 aliphatic heterocycles. The van der Waals surface area contributed by atoms with Crippen LogP contribution in [-0.4, -0.2) is 52.4 Å². The van der Waals surface area contributed by atoms with Gasteiger partial charge in [0.05, 0.1) is 19.2 Å². The summed E-state index contributed by atoms with van der Waals surface area (Å²) in [7, 11) is 1.55. The molecule has 36 heavy (non-hydrogen) atoms. The maximum Gasteiger partial charge on any atom is 0.258 e. The number of unbranched alkanes of at least 4 members (excludes halogenated alkanes) is 1. The van der Waals surface area contributed by atoms with E-state index in [9.17, 15) is 9.59 Å². The van der Waals surface area contributed by atoms with Crippen LogP contribution in [0, 0.1) is 0 Å². The predicted molar refractivity (Wildman–Crippen MR) is 147 cm³/mol. The monoisotopic (exact) mass is 553 g/mol. The summed E-state index contributed by atoms with van der Waals surface area (Å²) in [5.41, 5.74) is 2.72. The maximum absolute atomic E-state index is 13.6. The lowest BCUT2D eigenvalue weighted by Gasteiger charge is -2.30. The van der Waals surface area contributed by atoms with Crippen molar-refractivity contribution in [3.05, 3.63) is 88.2 Å². The van der Waals surface area contributed by atoms with Crippen molar-refractivity contribution in [3.8, 4) is 5.75 Å². The molecule has 6 nitrogen and oxygen atoms in total. The number of ether oxygens (including phenoxy) is 1. The van der Waals surface area contributed by atoms with Crippen LogP contribution in [-0.2, 0) is 17.9 Å². The van der Waals surface area contributed by atoms with E-state index in [-0.39, 0.29) is 24.4 Å². The van der Waals surface area contributed by atoms with Gasteiger partial charge in [-0.2, -0.15) is 0 Å². The van der Waals surface area contributed by atoms with E-state index in [0.29, 0.717) is 24.4 Å². The van der Waals surface area contributed by atoms with Crippen LogP contribution in [0.25, 0.3) is 0 Å². The molecular weight excluding hydrogens is 518 g/mol. The van der Waals surface area contributed by atoms with Crippen LogP contribution in [0.15, 0.2) is 71.3 Å². The molecule has 192 valence electrons. The van der Waals surface area contributed by atoms with Crippen LogP contribution in [0.5, 0.6) is 5.75 Å². The summed E-state index contributed by atoms with van der Waals surface area (Å²) < 4.78 is 8.62. The highest BCUT2D eigenvalue weighted by Crippen LogP contribution is 2.21. The van der Waals surface area contributed by atoms with Crippen molar-refractivity contribution in [1.29, 1.82) is 0 Å². The normalized spacial score (nSPS) is 10.9. The van der Waals surface area contributed by atoms with Crippen molar-refractivity contribution in [2.45, 2.75) is 52.7 Å². The van der Waals surface area contributed by atoms with Gasteiger partial charge in [0.1, 0.15) is 12.3 Å². The van der Waals surface area contributed by atoms with E-state index >= 15 is 0 Å². The van der Waals surface area contributed by atoms with E-state index in [4.69, 9.17) is 4.74 Å². The number of rotatable bonds is 12. The number of carbonyl (C=O) groups excluding carboxylic acids is 2. The van der Waals surface area contributed by atoms with Gasteiger partial charge in [-0.1, -0.05) is 53.5 Å². The molecule has 0 aliphatic rings. The van der Waals surface area contributed by atoms with Crippen molar-refractivity contribution in [3.63, 3.8) is 0 Å². The van der Waals surface area contributed by atoms with E-state index < -0.39 is 0 Å². The number of para-hydroxylation sites is 1. The number of carbonyl (C=O) groups is 2. The summed E-state index contributed by atoms with van der Waals surface area (Å²) in [6.07, 6.45) is 3.94. The van der Waals surface area contributed by atoms with Gasteiger partial charge in [0, 0.05) is 35.5 Å². The topological polar surface area (TPSA) is 54.8 Å². The number of halogens is 1. The molecule has 0 radical (unpaired) electrons. The minimum atomic E-state index is -0.204. The van der Waals surface area contributed by atoms with Crippen molar-refractivity contribution < 1.29 is 14.3 Å². The van der Waals surface area contributed by atoms with Crippen LogP contribution in [0.1, 0.15) is 55.2 Å². The Hall–Kier alpha value is -3.06. The first-order chi connectivity index (χ1) is 17.3. The quantitative estimate of drug-likeness (QED) is 0.277. The smallest absolute Gasteiger partial charge is 0.258 e. The second-order valence-corrected chi connectivity index (χ2v) is 10.1. The molecule has 2 amide bonds. The second-order valence-electron chi connectivity index (χ2n) is 9.15. The van der Waals surface area contributed by atoms with Crippen molar-refractivity contribution >= 4 is 27.7 Å². The second kappa shape index (κ2) is 13.3. The molecule has 1 aromatic heterocycles. The number of nitrogens with zero attached hydrogens (tertiary/aromatic N) is 3. The lowest BCUT2D eigenvalue weighted by Crippen LogP contribution is -2.46. The zero-order chi connectivity index (χ0) is 26.1. The van der Waals surface area contributed by atoms with Crippen molar-refractivity contribution in [2.24, 2.45) is 0 Å². The molecule has 0 saturated heterocycles. The summed E-state index contributed by atoms with van der Waals surface area (Å²) in [6.45, 7) is 7.87. The molecule has 0 unspecified atom stereocenters. The van der Waals surface area contributed by atoms with Crippen LogP contribution in [0.4, 0.5) is 0 Å². The molecule has 1 heterocycles. The van der Waals surface area contributed by atoms with E-state index in [1.165, 1.54) is 5.56 Å². The molecular formula is C29H36BrN3O3. The van der Waals surface area contributed by atoms with Crippen molar-refractivity contribution in [1.82, 2.24) is 14.4 Å². The molecule has 0 spiro atoms. The van der Waals surface area contributed by atoms with Crippen LogP contribution < -0.4 is 4.74 Å². The molecule has 0 fully saturated rings. The molecule has 0 saturated carbocycles. The average Bonchev–Trinajstić information content (AvgIpc) is 3.31. The lowest BCUT2D eigenvalue weighted by molar-refractivity contribution is -0.133. The van der Waals surface area contributed by atoms with E-state index in [1.54, 1.807) is 24.1 Å². The van der Waals surface area contributed by atoms with Crippen LogP contribution in [0.3, 0.4) is 0 Å². The van der Waals surface area contributed by atoms with Gasteiger partial charge in [-0.3, -0.25) is 9.59 Å². The minimum Gasteiger partial charge on any atom is -0.496 e. The average molecular weight is 555 g/mol. The molecule has 0 atom stereocenters. The maximum atomic E-state index is 13.6. The fourth-order valence-electron chi connectivity index (χ4n) is 4.08. The van der Waals surface area contributed by atoms with Gasteiger partial charge in [-0.25, -0.2) is 0 Å². The molecule has 3 rings (SSSR count). The third kappa shape index (κ3) is 7.23. The largest absolute Gasteiger partial charge is 0.496 e. The molecule has 0 aliphatic carbocycles. The van der Waals surface area contributed by atoms with Crippen molar-refractivity contribution in [2.75, 3.05) is 20.2 Å². The van der Waals surface area contributed by atoms with Crippen LogP contribution in [0.2, 0.25) is 0 Å². The number of aromatic nitrogens is 1. The Kier molecular flexibility index (Phi) is 10.2. The Bertz CT molecular complexity index is 1140. The Balaban J connectivity index is 1.78. The van der Waals surface area contributed by atoms with E-state index in [0.717, 1.165) is 29.6 Å². The highest BCUT2D eigenvalue weighted by Gasteiger charge is 2.26. The summed E-state index contributed by atoms with van der Waals surface area (Å²) >= 11 is 3.49. The Labute approximate surface area is 223 Å². The third-order valence-corrected chi connectivity index (χ3v) is 6.73. The number of amides is 2. The molecule has 7 heteroatoms. The Morgan fingerprint density at radius 3 is 2.42 bits per heavy atom. The highest BCUT2D eigenvalue weighted by molar-refractivity contribution is 9.10. The summed E-state index contributed by atoms with van der Waals surface area (Å²) in [6, 6.07) is 19.3. The molecule has 2 aromatic carbocycles. The van der Waals surface area contributed by atoms with Gasteiger partial charge < -0.3 is 19.1 Å². The fourth-order valence-corrected chi connectivity index (χ4v) is 4.35. The zero-order valence-corrected chi connectivity index (χ0v) is 23.2. The number of hydrogen-bond donors (Lipinski definition) is 0. The standard InChI is InChI=1S/C29H36BrN3O3/c1-5-6-17-32(20-25-10-9-18-31(25)19-23-13-15-24(30)16-14-23)28(34)21-33(22(2)3)29(35)26-11-7-8-12-27(26)36-4/h7-16,18,22H,5-6,17,19-21H2,1-4H3. The van der Waals surface area contributed by atoms with Gasteiger partial charge in [0.25, 0.3) is 5.91 Å². The summed E-state index contributed by atoms with van der Waals surface area (Å²) in [5, 5.41) is 0. The summed E-state index contributed by atoms with van der Waals surface area (Å²) in [5.74, 6) is 0.246. The van der Waals surface area contributed by atoms with Gasteiger partial charge in [0.2, 0.25) is 5.91 Å². The summed E-state index contributed by atoms with van der Waals surface area (Å²) in [4.78, 5) is 30.5. The minimum absolute atomic E-state index is 0.0195. The first-order valence-corrected chi connectivity index (χ1v) is 13.2. The SMILES string of the molecule is CCCCN(Cc1cccn1Cc1ccc(Br)cc1)C(=O)CN(C(=O)c1ccccc1OC)C(C)C. The van der Waals surface area contributed by atoms with Gasteiger partial charge in [-0.15, -0.1) is 0 Å². The molecule has 0 bridgehead atoms. The number of benzene rings is 2. The van der Waals surface area contributed by atoms with Gasteiger partial charge >= 0.3 is 0 Å². The van der Waals surface area contributed by atoms with Gasteiger partial charge in [-0.05, 0) is 62.2 Å².